The number of likely N-dealkylation sites (tertiary alicyclic amines) is 1. The van der Waals surface area contributed by atoms with Gasteiger partial charge in [0.15, 0.2) is 5.82 Å². The zero-order valence-corrected chi connectivity index (χ0v) is 17.0. The second-order valence-electron chi connectivity index (χ2n) is 8.95. The molecule has 5 heteroatoms. The van der Waals surface area contributed by atoms with Crippen LogP contribution in [0, 0.1) is 5.92 Å². The Labute approximate surface area is 168 Å². The van der Waals surface area contributed by atoms with E-state index in [9.17, 15) is 0 Å². The summed E-state index contributed by atoms with van der Waals surface area (Å²) < 4.78 is 0. The number of nitrogens with one attached hydrogen (secondary N) is 1. The van der Waals surface area contributed by atoms with Crippen LogP contribution in [0.15, 0.2) is 24.5 Å². The van der Waals surface area contributed by atoms with Crippen LogP contribution in [0.5, 0.6) is 0 Å². The lowest BCUT2D eigenvalue weighted by molar-refractivity contribution is 0.143. The number of piperidine rings is 1. The predicted molar refractivity (Wildman–Crippen MR) is 112 cm³/mol. The third-order valence-electron chi connectivity index (χ3n) is 6.73. The van der Waals surface area contributed by atoms with Crippen LogP contribution >= 0.6 is 0 Å². The maximum Gasteiger partial charge on any atom is 0.163 e. The molecule has 1 saturated heterocycles. The largest absolute Gasteiger partial charge is 0.369 e. The SMILES string of the molecule is CCCN1CCCC2(CCc3c(NCC4CC4)nc(-c4cccnc4)nc32)C1. The highest BCUT2D eigenvalue weighted by molar-refractivity contribution is 5.61. The molecule has 2 fully saturated rings. The summed E-state index contributed by atoms with van der Waals surface area (Å²) in [5, 5.41) is 3.69. The summed E-state index contributed by atoms with van der Waals surface area (Å²) in [6, 6.07) is 4.05. The van der Waals surface area contributed by atoms with Crippen molar-refractivity contribution < 1.29 is 0 Å². The van der Waals surface area contributed by atoms with E-state index in [-0.39, 0.29) is 5.41 Å². The van der Waals surface area contributed by atoms with E-state index in [0.29, 0.717) is 0 Å². The summed E-state index contributed by atoms with van der Waals surface area (Å²) in [5.74, 6) is 2.75. The topological polar surface area (TPSA) is 53.9 Å². The molecule has 5 nitrogen and oxygen atoms in total. The van der Waals surface area contributed by atoms with Gasteiger partial charge in [-0.05, 0) is 76.1 Å². The van der Waals surface area contributed by atoms with Crippen molar-refractivity contribution in [2.75, 3.05) is 31.5 Å². The van der Waals surface area contributed by atoms with Crippen molar-refractivity contribution in [2.45, 2.75) is 57.3 Å². The fourth-order valence-electron chi connectivity index (χ4n) is 5.11. The minimum atomic E-state index is 0.207. The number of fused-ring (bicyclic) bond motifs is 2. The maximum absolute atomic E-state index is 5.18. The standard InChI is InChI=1S/C23H31N5/c1-2-12-28-13-4-9-23(16-28)10-8-19-20(23)26-21(18-5-3-11-24-15-18)27-22(19)25-14-17-6-7-17/h3,5,11,15,17H,2,4,6-10,12-14,16H2,1H3,(H,25,26,27). The summed E-state index contributed by atoms with van der Waals surface area (Å²) in [4.78, 5) is 17.1. The Morgan fingerprint density at radius 3 is 2.96 bits per heavy atom. The molecule has 1 spiro atoms. The molecule has 3 heterocycles. The zero-order valence-electron chi connectivity index (χ0n) is 17.0. The first kappa shape index (κ1) is 18.0. The van der Waals surface area contributed by atoms with Crippen molar-refractivity contribution in [2.24, 2.45) is 5.92 Å². The molecule has 3 aliphatic rings. The summed E-state index contributed by atoms with van der Waals surface area (Å²) >= 11 is 0. The molecule has 1 aliphatic heterocycles. The van der Waals surface area contributed by atoms with Crippen LogP contribution in [-0.2, 0) is 11.8 Å². The van der Waals surface area contributed by atoms with Gasteiger partial charge in [-0.1, -0.05) is 6.92 Å². The van der Waals surface area contributed by atoms with Crippen molar-refractivity contribution in [1.82, 2.24) is 19.9 Å². The van der Waals surface area contributed by atoms with Crippen LogP contribution in [0.3, 0.4) is 0 Å². The van der Waals surface area contributed by atoms with Crippen LogP contribution in [0.4, 0.5) is 5.82 Å². The van der Waals surface area contributed by atoms with E-state index in [4.69, 9.17) is 9.97 Å². The van der Waals surface area contributed by atoms with Gasteiger partial charge in [-0.2, -0.15) is 0 Å². The summed E-state index contributed by atoms with van der Waals surface area (Å²) in [6.45, 7) is 6.92. The molecule has 28 heavy (non-hydrogen) atoms. The second kappa shape index (κ2) is 7.43. The lowest BCUT2D eigenvalue weighted by Gasteiger charge is -2.40. The van der Waals surface area contributed by atoms with Crippen LogP contribution in [0.25, 0.3) is 11.4 Å². The molecule has 0 aromatic carbocycles. The molecule has 0 bridgehead atoms. The predicted octanol–water partition coefficient (Wildman–Crippen LogP) is 4.05. The molecule has 148 valence electrons. The van der Waals surface area contributed by atoms with Gasteiger partial charge in [0, 0.05) is 42.0 Å². The van der Waals surface area contributed by atoms with Crippen molar-refractivity contribution in [3.05, 3.63) is 35.8 Å². The van der Waals surface area contributed by atoms with E-state index < -0.39 is 0 Å². The van der Waals surface area contributed by atoms with Crippen molar-refractivity contribution in [1.29, 1.82) is 0 Å². The van der Waals surface area contributed by atoms with Crippen LogP contribution in [-0.4, -0.2) is 46.0 Å². The Balaban J connectivity index is 1.54. The van der Waals surface area contributed by atoms with E-state index in [1.807, 2.05) is 18.5 Å². The number of anilines is 1. The minimum Gasteiger partial charge on any atom is -0.369 e. The Morgan fingerprint density at radius 2 is 2.18 bits per heavy atom. The van der Waals surface area contributed by atoms with Gasteiger partial charge in [0.05, 0.1) is 5.69 Å². The third-order valence-corrected chi connectivity index (χ3v) is 6.73. The third kappa shape index (κ3) is 3.41. The average Bonchev–Trinajstić information content (AvgIpc) is 3.50. The van der Waals surface area contributed by atoms with Gasteiger partial charge >= 0.3 is 0 Å². The quantitative estimate of drug-likeness (QED) is 0.823. The van der Waals surface area contributed by atoms with Crippen molar-refractivity contribution in [3.63, 3.8) is 0 Å². The molecule has 0 amide bonds. The van der Waals surface area contributed by atoms with Gasteiger partial charge in [-0.3, -0.25) is 4.98 Å². The lowest BCUT2D eigenvalue weighted by atomic mass is 9.77. The molecular weight excluding hydrogens is 346 g/mol. The number of rotatable bonds is 6. The summed E-state index contributed by atoms with van der Waals surface area (Å²) in [7, 11) is 0. The minimum absolute atomic E-state index is 0.207. The van der Waals surface area contributed by atoms with Crippen molar-refractivity contribution >= 4 is 5.82 Å². The monoisotopic (exact) mass is 377 g/mol. The fraction of sp³-hybridized carbons (Fsp3) is 0.609. The van der Waals surface area contributed by atoms with Crippen molar-refractivity contribution in [3.8, 4) is 11.4 Å². The normalized spacial score (nSPS) is 24.5. The van der Waals surface area contributed by atoms with Crippen LogP contribution in [0.2, 0.25) is 0 Å². The first-order valence-electron chi connectivity index (χ1n) is 11.1. The van der Waals surface area contributed by atoms with Gasteiger partial charge in [0.2, 0.25) is 0 Å². The Bertz CT molecular complexity index is 830. The van der Waals surface area contributed by atoms with E-state index in [1.165, 1.54) is 62.9 Å². The molecule has 2 aromatic rings. The molecule has 1 N–H and O–H groups in total. The van der Waals surface area contributed by atoms with Crippen LogP contribution < -0.4 is 5.32 Å². The zero-order chi connectivity index (χ0) is 19.0. The number of nitrogens with zero attached hydrogens (tertiary/aromatic N) is 4. The smallest absolute Gasteiger partial charge is 0.163 e. The Morgan fingerprint density at radius 1 is 1.25 bits per heavy atom. The number of hydrogen-bond acceptors (Lipinski definition) is 5. The van der Waals surface area contributed by atoms with Gasteiger partial charge < -0.3 is 10.2 Å². The van der Waals surface area contributed by atoms with Gasteiger partial charge in [0.1, 0.15) is 5.82 Å². The first-order chi connectivity index (χ1) is 13.8. The summed E-state index contributed by atoms with van der Waals surface area (Å²) in [6.07, 6.45) is 12.5. The Kier molecular flexibility index (Phi) is 4.79. The fourth-order valence-corrected chi connectivity index (χ4v) is 5.11. The van der Waals surface area contributed by atoms with E-state index in [2.05, 4.69) is 28.2 Å². The van der Waals surface area contributed by atoms with E-state index in [1.54, 1.807) is 0 Å². The lowest BCUT2D eigenvalue weighted by Crippen LogP contribution is -2.45. The van der Waals surface area contributed by atoms with Gasteiger partial charge in [-0.25, -0.2) is 9.97 Å². The van der Waals surface area contributed by atoms with Gasteiger partial charge in [0.25, 0.3) is 0 Å². The van der Waals surface area contributed by atoms with E-state index >= 15 is 0 Å². The molecule has 1 atom stereocenters. The summed E-state index contributed by atoms with van der Waals surface area (Å²) in [5.41, 5.74) is 3.92. The molecule has 2 aliphatic carbocycles. The molecular formula is C23H31N5. The van der Waals surface area contributed by atoms with Gasteiger partial charge in [-0.15, -0.1) is 0 Å². The highest BCUT2D eigenvalue weighted by Gasteiger charge is 2.44. The second-order valence-corrected chi connectivity index (χ2v) is 8.95. The molecule has 1 saturated carbocycles. The number of hydrogen-bond donors (Lipinski definition) is 1. The molecule has 5 rings (SSSR count). The first-order valence-corrected chi connectivity index (χ1v) is 11.1. The number of pyridine rings is 1. The molecule has 1 unspecified atom stereocenters. The molecule has 2 aromatic heterocycles. The average molecular weight is 378 g/mol. The highest BCUT2D eigenvalue weighted by Crippen LogP contribution is 2.46. The Hall–Kier alpha value is -2.01. The maximum atomic E-state index is 5.18. The number of aromatic nitrogens is 3. The molecule has 0 radical (unpaired) electrons. The highest BCUT2D eigenvalue weighted by atomic mass is 15.1. The van der Waals surface area contributed by atoms with Crippen LogP contribution in [0.1, 0.15) is 56.7 Å². The van der Waals surface area contributed by atoms with E-state index in [0.717, 1.165) is 42.6 Å².